The molecule has 2 aromatic rings. The number of rotatable bonds is 6. The van der Waals surface area contributed by atoms with Crippen molar-refractivity contribution in [2.75, 3.05) is 13.1 Å². The summed E-state index contributed by atoms with van der Waals surface area (Å²) in [6.45, 7) is 4.10. The Morgan fingerprint density at radius 1 is 1.17 bits per heavy atom. The lowest BCUT2D eigenvalue weighted by atomic mass is 10.00. The topological polar surface area (TPSA) is 49.8 Å². The van der Waals surface area contributed by atoms with Crippen LogP contribution >= 0.6 is 0 Å². The Labute approximate surface area is 136 Å². The van der Waals surface area contributed by atoms with Crippen molar-refractivity contribution in [3.8, 4) is 5.75 Å². The highest BCUT2D eigenvalue weighted by Gasteiger charge is 2.32. The lowest BCUT2D eigenvalue weighted by Gasteiger charge is -2.36. The highest BCUT2D eigenvalue weighted by Crippen LogP contribution is 2.23. The Morgan fingerprint density at radius 2 is 1.83 bits per heavy atom. The molecule has 23 heavy (non-hydrogen) atoms. The van der Waals surface area contributed by atoms with Gasteiger partial charge in [-0.1, -0.05) is 42.5 Å². The molecule has 1 N–H and O–H groups in total. The molecule has 0 spiro atoms. The van der Waals surface area contributed by atoms with Crippen LogP contribution in [0.3, 0.4) is 0 Å². The normalized spacial score (nSPS) is 16.6. The number of hydrogen-bond acceptors (Lipinski definition) is 3. The lowest BCUT2D eigenvalue weighted by molar-refractivity contribution is -0.147. The van der Waals surface area contributed by atoms with Gasteiger partial charge in [0.05, 0.1) is 5.92 Å². The largest absolute Gasteiger partial charge is 0.486 e. The predicted molar refractivity (Wildman–Crippen MR) is 88.3 cm³/mol. The molecule has 0 saturated carbocycles. The van der Waals surface area contributed by atoms with E-state index < -0.39 is 5.97 Å². The van der Waals surface area contributed by atoms with Crippen LogP contribution in [0.4, 0.5) is 0 Å². The number of benzene rings is 2. The minimum Gasteiger partial charge on any atom is -0.486 e. The van der Waals surface area contributed by atoms with Gasteiger partial charge in [0.2, 0.25) is 0 Å². The van der Waals surface area contributed by atoms with Crippen molar-refractivity contribution in [3.63, 3.8) is 0 Å². The second-order valence-corrected chi connectivity index (χ2v) is 6.04. The molecule has 1 aliphatic heterocycles. The van der Waals surface area contributed by atoms with Gasteiger partial charge in [-0.05, 0) is 30.2 Å². The molecule has 120 valence electrons. The molecule has 1 atom stereocenters. The number of nitrogens with zero attached hydrogens (tertiary/aromatic N) is 1. The van der Waals surface area contributed by atoms with Crippen LogP contribution < -0.4 is 4.74 Å². The molecule has 1 aliphatic rings. The number of ether oxygens (including phenoxy) is 1. The molecule has 0 aromatic heterocycles. The standard InChI is InChI=1S/C19H21NO3/c1-14(16-5-3-2-4-6-16)23-18-9-7-15(8-10-18)11-20-12-17(13-20)19(21)22/h2-10,14,17H,11-13H2,1H3,(H,21,22). The van der Waals surface area contributed by atoms with Crippen molar-refractivity contribution in [1.82, 2.24) is 4.90 Å². The van der Waals surface area contributed by atoms with Crippen molar-refractivity contribution >= 4 is 5.97 Å². The number of carbonyl (C=O) groups is 1. The van der Waals surface area contributed by atoms with Gasteiger partial charge in [0, 0.05) is 19.6 Å². The third-order valence-corrected chi connectivity index (χ3v) is 4.22. The van der Waals surface area contributed by atoms with Crippen LogP contribution in [0.5, 0.6) is 5.75 Å². The van der Waals surface area contributed by atoms with E-state index in [-0.39, 0.29) is 12.0 Å². The Morgan fingerprint density at radius 3 is 2.43 bits per heavy atom. The fraction of sp³-hybridized carbons (Fsp3) is 0.316. The first kappa shape index (κ1) is 15.6. The summed E-state index contributed by atoms with van der Waals surface area (Å²) >= 11 is 0. The average molecular weight is 311 g/mol. The molecule has 1 fully saturated rings. The Hall–Kier alpha value is -2.33. The summed E-state index contributed by atoms with van der Waals surface area (Å²) in [6.07, 6.45) is 0.00811. The van der Waals surface area contributed by atoms with Crippen LogP contribution in [0.15, 0.2) is 54.6 Å². The van der Waals surface area contributed by atoms with Crippen LogP contribution in [-0.4, -0.2) is 29.1 Å². The molecule has 1 saturated heterocycles. The lowest BCUT2D eigenvalue weighted by Crippen LogP contribution is -2.49. The zero-order valence-electron chi connectivity index (χ0n) is 13.2. The molecular weight excluding hydrogens is 290 g/mol. The molecule has 2 aromatic carbocycles. The first-order valence-electron chi connectivity index (χ1n) is 7.87. The van der Waals surface area contributed by atoms with E-state index in [0.717, 1.165) is 17.9 Å². The highest BCUT2D eigenvalue weighted by molar-refractivity contribution is 5.71. The van der Waals surface area contributed by atoms with Gasteiger partial charge in [0.25, 0.3) is 0 Å². The fourth-order valence-corrected chi connectivity index (χ4v) is 2.78. The van der Waals surface area contributed by atoms with Crippen molar-refractivity contribution in [2.45, 2.75) is 19.6 Å². The van der Waals surface area contributed by atoms with Gasteiger partial charge in [-0.3, -0.25) is 9.69 Å². The van der Waals surface area contributed by atoms with Crippen molar-refractivity contribution < 1.29 is 14.6 Å². The summed E-state index contributed by atoms with van der Waals surface area (Å²) in [5.41, 5.74) is 2.32. The number of hydrogen-bond donors (Lipinski definition) is 1. The van der Waals surface area contributed by atoms with E-state index >= 15 is 0 Å². The molecule has 4 heteroatoms. The van der Waals surface area contributed by atoms with Gasteiger partial charge in [0.15, 0.2) is 0 Å². The molecular formula is C19H21NO3. The third-order valence-electron chi connectivity index (χ3n) is 4.22. The minimum absolute atomic E-state index is 0.00811. The quantitative estimate of drug-likeness (QED) is 0.889. The molecule has 1 unspecified atom stereocenters. The maximum Gasteiger partial charge on any atom is 0.309 e. The number of carboxylic acids is 1. The second kappa shape index (κ2) is 6.84. The van der Waals surface area contributed by atoms with E-state index in [1.807, 2.05) is 49.4 Å². The number of carboxylic acid groups (broad SMARTS) is 1. The third kappa shape index (κ3) is 3.90. The van der Waals surface area contributed by atoms with Crippen LogP contribution in [0.25, 0.3) is 0 Å². The second-order valence-electron chi connectivity index (χ2n) is 6.04. The summed E-state index contributed by atoms with van der Waals surface area (Å²) < 4.78 is 5.96. The molecule has 0 bridgehead atoms. The maximum atomic E-state index is 10.8. The van der Waals surface area contributed by atoms with Crippen LogP contribution in [0, 0.1) is 5.92 Å². The minimum atomic E-state index is -0.695. The number of aliphatic carboxylic acids is 1. The molecule has 1 heterocycles. The van der Waals surface area contributed by atoms with E-state index in [0.29, 0.717) is 13.1 Å². The monoisotopic (exact) mass is 311 g/mol. The molecule has 0 aliphatic carbocycles. The maximum absolute atomic E-state index is 10.8. The van der Waals surface area contributed by atoms with E-state index in [2.05, 4.69) is 17.0 Å². The van der Waals surface area contributed by atoms with Crippen molar-refractivity contribution in [1.29, 1.82) is 0 Å². The smallest absolute Gasteiger partial charge is 0.309 e. The van der Waals surface area contributed by atoms with Gasteiger partial charge in [-0.25, -0.2) is 0 Å². The summed E-state index contributed by atoms with van der Waals surface area (Å²) in [5.74, 6) is -0.0543. The number of likely N-dealkylation sites (tertiary alicyclic amines) is 1. The van der Waals surface area contributed by atoms with E-state index in [9.17, 15) is 4.79 Å². The van der Waals surface area contributed by atoms with Crippen molar-refractivity contribution in [3.05, 3.63) is 65.7 Å². The summed E-state index contributed by atoms with van der Waals surface area (Å²) in [4.78, 5) is 12.9. The van der Waals surface area contributed by atoms with E-state index in [1.54, 1.807) is 0 Å². The SMILES string of the molecule is CC(Oc1ccc(CN2CC(C(=O)O)C2)cc1)c1ccccc1. The van der Waals surface area contributed by atoms with Gasteiger partial charge in [-0.2, -0.15) is 0 Å². The summed E-state index contributed by atoms with van der Waals surface area (Å²) in [6, 6.07) is 18.2. The Kier molecular flexibility index (Phi) is 4.63. The van der Waals surface area contributed by atoms with Crippen LogP contribution in [0.1, 0.15) is 24.2 Å². The first-order valence-corrected chi connectivity index (χ1v) is 7.87. The molecule has 0 amide bonds. The zero-order chi connectivity index (χ0) is 16.2. The van der Waals surface area contributed by atoms with Crippen molar-refractivity contribution in [2.24, 2.45) is 5.92 Å². The average Bonchev–Trinajstić information content (AvgIpc) is 2.52. The molecule has 3 rings (SSSR count). The summed E-state index contributed by atoms with van der Waals surface area (Å²) in [5, 5.41) is 8.89. The van der Waals surface area contributed by atoms with Gasteiger partial charge >= 0.3 is 5.97 Å². The zero-order valence-corrected chi connectivity index (χ0v) is 13.2. The van der Waals surface area contributed by atoms with Gasteiger partial charge in [-0.15, -0.1) is 0 Å². The molecule has 4 nitrogen and oxygen atoms in total. The highest BCUT2D eigenvalue weighted by atomic mass is 16.5. The van der Waals surface area contributed by atoms with Gasteiger partial charge in [0.1, 0.15) is 11.9 Å². The van der Waals surface area contributed by atoms with Crippen LogP contribution in [0.2, 0.25) is 0 Å². The van der Waals surface area contributed by atoms with E-state index in [1.165, 1.54) is 5.56 Å². The Balaban J connectivity index is 1.52. The van der Waals surface area contributed by atoms with E-state index in [4.69, 9.17) is 9.84 Å². The first-order chi connectivity index (χ1) is 11.1. The predicted octanol–water partition coefficient (Wildman–Crippen LogP) is 3.34. The van der Waals surface area contributed by atoms with Crippen LogP contribution in [-0.2, 0) is 11.3 Å². The fourth-order valence-electron chi connectivity index (χ4n) is 2.78. The Bertz CT molecular complexity index is 648. The summed E-state index contributed by atoms with van der Waals surface area (Å²) in [7, 11) is 0. The molecule has 0 radical (unpaired) electrons. The van der Waals surface area contributed by atoms with Gasteiger partial charge < -0.3 is 9.84 Å².